The highest BCUT2D eigenvalue weighted by Gasteiger charge is 2.43. The fourth-order valence-electron chi connectivity index (χ4n) is 3.75. The molecule has 1 amide bonds. The molecule has 0 bridgehead atoms. The van der Waals surface area contributed by atoms with Gasteiger partial charge < -0.3 is 26.3 Å². The smallest absolute Gasteiger partial charge is 0.258 e. The van der Waals surface area contributed by atoms with Crippen LogP contribution in [0.3, 0.4) is 0 Å². The molecule has 1 aliphatic carbocycles. The van der Waals surface area contributed by atoms with Crippen molar-refractivity contribution in [3.63, 3.8) is 0 Å². The van der Waals surface area contributed by atoms with Gasteiger partial charge in [-0.2, -0.15) is 5.26 Å². The molecule has 7 nitrogen and oxygen atoms in total. The van der Waals surface area contributed by atoms with Gasteiger partial charge in [0.1, 0.15) is 23.5 Å². The number of carbonyl (C=O) groups excluding carboxylic acids is 1. The third-order valence-corrected chi connectivity index (χ3v) is 6.43. The van der Waals surface area contributed by atoms with E-state index in [0.717, 1.165) is 10.4 Å². The molecular weight excluding hydrogens is 424 g/mol. The standard InChI is InChI=1S/C21H19ClN4O3S/c1-2-28-17-13(9-23)19(24)29-14-8-7-12-15(20(25)30-18(12)16(14)17)21(27)26-11-5-3-10(22)4-6-11/h3-6,8,16-17H,2,7,24-25H2,1H3,(H,26,27). The number of hydrogen-bond acceptors (Lipinski definition) is 7. The molecule has 0 saturated heterocycles. The summed E-state index contributed by atoms with van der Waals surface area (Å²) in [6.45, 7) is 2.24. The zero-order valence-electron chi connectivity index (χ0n) is 16.1. The van der Waals surface area contributed by atoms with Crippen molar-refractivity contribution in [1.82, 2.24) is 0 Å². The summed E-state index contributed by atoms with van der Waals surface area (Å²) in [5.74, 6) is -0.0139. The first-order chi connectivity index (χ1) is 14.4. The van der Waals surface area contributed by atoms with Gasteiger partial charge in [-0.25, -0.2) is 0 Å². The number of benzene rings is 1. The number of nitrogen functional groups attached to an aromatic ring is 1. The number of halogens is 1. The van der Waals surface area contributed by atoms with Crippen LogP contribution in [0.1, 0.15) is 33.6 Å². The van der Waals surface area contributed by atoms with Crippen LogP contribution in [0.2, 0.25) is 5.02 Å². The van der Waals surface area contributed by atoms with Crippen molar-refractivity contribution in [2.45, 2.75) is 25.4 Å². The highest BCUT2D eigenvalue weighted by atomic mass is 35.5. The van der Waals surface area contributed by atoms with Crippen LogP contribution in [0.25, 0.3) is 0 Å². The Morgan fingerprint density at radius 2 is 2.13 bits per heavy atom. The molecule has 2 atom stereocenters. The molecule has 9 heteroatoms. The number of allylic oxidation sites excluding steroid dienone is 1. The second-order valence-electron chi connectivity index (χ2n) is 6.80. The zero-order chi connectivity index (χ0) is 21.4. The van der Waals surface area contributed by atoms with Crippen LogP contribution >= 0.6 is 22.9 Å². The van der Waals surface area contributed by atoms with Crippen molar-refractivity contribution in [2.24, 2.45) is 5.73 Å². The Kier molecular flexibility index (Phi) is 5.43. The lowest BCUT2D eigenvalue weighted by atomic mass is 9.83. The largest absolute Gasteiger partial charge is 0.444 e. The monoisotopic (exact) mass is 442 g/mol. The third kappa shape index (κ3) is 3.41. The molecule has 5 N–H and O–H groups in total. The second kappa shape index (κ2) is 8.03. The Bertz CT molecular complexity index is 1110. The second-order valence-corrected chi connectivity index (χ2v) is 8.32. The van der Waals surface area contributed by atoms with Gasteiger partial charge in [-0.1, -0.05) is 11.6 Å². The highest BCUT2D eigenvalue weighted by Crippen LogP contribution is 2.49. The van der Waals surface area contributed by atoms with Crippen molar-refractivity contribution < 1.29 is 14.3 Å². The molecule has 2 aromatic rings. The van der Waals surface area contributed by atoms with Crippen molar-refractivity contribution in [2.75, 3.05) is 17.7 Å². The number of nitrogens with one attached hydrogen (secondary N) is 1. The number of anilines is 2. The van der Waals surface area contributed by atoms with E-state index in [1.807, 2.05) is 13.0 Å². The molecule has 1 aromatic heterocycles. The maximum absolute atomic E-state index is 13.0. The van der Waals surface area contributed by atoms with Gasteiger partial charge >= 0.3 is 0 Å². The molecule has 154 valence electrons. The maximum atomic E-state index is 13.0. The van der Waals surface area contributed by atoms with Crippen LogP contribution in [0, 0.1) is 11.3 Å². The molecule has 2 heterocycles. The Balaban J connectivity index is 1.72. The first kappa shape index (κ1) is 20.3. The Morgan fingerprint density at radius 1 is 1.40 bits per heavy atom. The number of thiophene rings is 1. The first-order valence-electron chi connectivity index (χ1n) is 9.31. The number of nitrogens with two attached hydrogens (primary N) is 2. The minimum absolute atomic E-state index is 0.0483. The summed E-state index contributed by atoms with van der Waals surface area (Å²) in [6, 6.07) is 8.94. The number of fused-ring (bicyclic) bond motifs is 3. The van der Waals surface area contributed by atoms with Gasteiger partial charge in [-0.3, -0.25) is 4.79 Å². The number of nitriles is 1. The molecular formula is C21H19ClN4O3S. The number of hydrogen-bond donors (Lipinski definition) is 3. The summed E-state index contributed by atoms with van der Waals surface area (Å²) in [5, 5.41) is 13.4. The van der Waals surface area contributed by atoms with Crippen LogP contribution in [-0.2, 0) is 15.9 Å². The summed E-state index contributed by atoms with van der Waals surface area (Å²) in [4.78, 5) is 13.9. The number of carbonyl (C=O) groups is 1. The van der Waals surface area contributed by atoms with Crippen LogP contribution in [0.5, 0.6) is 0 Å². The average Bonchev–Trinajstić information content (AvgIpc) is 3.05. The Morgan fingerprint density at radius 3 is 2.80 bits per heavy atom. The normalized spacial score (nSPS) is 19.8. The minimum Gasteiger partial charge on any atom is -0.444 e. The molecule has 2 aliphatic rings. The Hall–Kier alpha value is -2.99. The van der Waals surface area contributed by atoms with E-state index in [2.05, 4.69) is 11.4 Å². The van der Waals surface area contributed by atoms with Gasteiger partial charge in [0.15, 0.2) is 0 Å². The van der Waals surface area contributed by atoms with E-state index in [-0.39, 0.29) is 23.3 Å². The quantitative estimate of drug-likeness (QED) is 0.659. The maximum Gasteiger partial charge on any atom is 0.258 e. The van der Waals surface area contributed by atoms with Gasteiger partial charge in [0, 0.05) is 22.2 Å². The summed E-state index contributed by atoms with van der Waals surface area (Å²) in [7, 11) is 0. The topological polar surface area (TPSA) is 123 Å². The molecule has 4 rings (SSSR count). The number of amides is 1. The predicted molar refractivity (Wildman–Crippen MR) is 116 cm³/mol. The minimum atomic E-state index is -0.593. The molecule has 1 aromatic carbocycles. The average molecular weight is 443 g/mol. The van der Waals surface area contributed by atoms with Gasteiger partial charge in [0.2, 0.25) is 5.88 Å². The lowest BCUT2D eigenvalue weighted by Crippen LogP contribution is -2.35. The van der Waals surface area contributed by atoms with E-state index in [0.29, 0.717) is 40.1 Å². The van der Waals surface area contributed by atoms with Crippen LogP contribution < -0.4 is 16.8 Å². The summed E-state index contributed by atoms with van der Waals surface area (Å²) in [6.07, 6.45) is 1.74. The van der Waals surface area contributed by atoms with Gasteiger partial charge in [0.25, 0.3) is 5.91 Å². The van der Waals surface area contributed by atoms with Crippen LogP contribution in [0.15, 0.2) is 47.6 Å². The van der Waals surface area contributed by atoms with Crippen molar-refractivity contribution in [3.05, 3.63) is 68.6 Å². The van der Waals surface area contributed by atoms with E-state index in [4.69, 9.17) is 32.5 Å². The van der Waals surface area contributed by atoms with Crippen LogP contribution in [0.4, 0.5) is 10.7 Å². The summed E-state index contributed by atoms with van der Waals surface area (Å²) < 4.78 is 11.6. The van der Waals surface area contributed by atoms with Crippen molar-refractivity contribution in [3.8, 4) is 6.07 Å². The van der Waals surface area contributed by atoms with Crippen LogP contribution in [-0.4, -0.2) is 18.6 Å². The molecule has 0 radical (unpaired) electrons. The first-order valence-corrected chi connectivity index (χ1v) is 10.5. The third-order valence-electron chi connectivity index (χ3n) is 5.04. The van der Waals surface area contributed by atoms with E-state index >= 15 is 0 Å². The van der Waals surface area contributed by atoms with E-state index in [9.17, 15) is 10.1 Å². The van der Waals surface area contributed by atoms with Gasteiger partial charge in [0.05, 0.1) is 16.5 Å². The van der Waals surface area contributed by atoms with E-state index in [1.165, 1.54) is 11.3 Å². The van der Waals surface area contributed by atoms with Gasteiger partial charge in [-0.05, 0) is 49.2 Å². The molecule has 2 unspecified atom stereocenters. The number of ether oxygens (including phenoxy) is 2. The predicted octanol–water partition coefficient (Wildman–Crippen LogP) is 3.89. The fourth-order valence-corrected chi connectivity index (χ4v) is 5.11. The fraction of sp³-hybridized carbons (Fsp3) is 0.238. The summed E-state index contributed by atoms with van der Waals surface area (Å²) in [5.41, 5.74) is 14.3. The Labute approximate surface area is 182 Å². The lowest BCUT2D eigenvalue weighted by molar-refractivity contribution is 0.0484. The molecule has 0 fully saturated rings. The number of nitrogens with zero attached hydrogens (tertiary/aromatic N) is 1. The highest BCUT2D eigenvalue weighted by molar-refractivity contribution is 7.16. The van der Waals surface area contributed by atoms with E-state index in [1.54, 1.807) is 24.3 Å². The van der Waals surface area contributed by atoms with Gasteiger partial charge in [-0.15, -0.1) is 11.3 Å². The molecule has 1 aliphatic heterocycles. The number of rotatable bonds is 4. The summed E-state index contributed by atoms with van der Waals surface area (Å²) >= 11 is 7.22. The SMILES string of the molecule is CCOC1C(C#N)=C(N)OC2=CCc3c(sc(N)c3C(=O)Nc3ccc(Cl)cc3)C21. The molecule has 0 saturated carbocycles. The van der Waals surface area contributed by atoms with Crippen molar-refractivity contribution >= 4 is 39.5 Å². The van der Waals surface area contributed by atoms with Crippen molar-refractivity contribution in [1.29, 1.82) is 5.26 Å². The molecule has 30 heavy (non-hydrogen) atoms. The van der Waals surface area contributed by atoms with E-state index < -0.39 is 6.10 Å². The molecule has 0 spiro atoms. The lowest BCUT2D eigenvalue weighted by Gasteiger charge is -2.35. The zero-order valence-corrected chi connectivity index (χ0v) is 17.6.